The highest BCUT2D eigenvalue weighted by Crippen LogP contribution is 2.41. The summed E-state index contributed by atoms with van der Waals surface area (Å²) in [5.41, 5.74) is 0. The van der Waals surface area contributed by atoms with Crippen LogP contribution in [-0.4, -0.2) is 36.4 Å². The first kappa shape index (κ1) is 14.3. The topological polar surface area (TPSA) is 61.8 Å². The maximum atomic E-state index is 11.5. The van der Waals surface area contributed by atoms with Gasteiger partial charge in [0.1, 0.15) is 12.2 Å². The Balaban J connectivity index is 1.85. The number of ether oxygens (including phenoxy) is 3. The van der Waals surface area contributed by atoms with E-state index in [0.29, 0.717) is 12.8 Å². The van der Waals surface area contributed by atoms with Crippen LogP contribution in [0.15, 0.2) is 24.3 Å². The predicted octanol–water partition coefficient (Wildman–Crippen LogP) is 1.77. The molecule has 0 saturated carbocycles. The minimum absolute atomic E-state index is 0.00370. The molecule has 3 heterocycles. The molecule has 3 aliphatic heterocycles. The highest BCUT2D eigenvalue weighted by atomic mass is 16.6. The second-order valence-corrected chi connectivity index (χ2v) is 5.91. The molecule has 0 unspecified atom stereocenters. The van der Waals surface area contributed by atoms with Crippen LogP contribution in [0.5, 0.6) is 0 Å². The maximum Gasteiger partial charge on any atom is 0.306 e. The number of esters is 2. The number of carbonyl (C=O) groups excluding carboxylic acids is 2. The van der Waals surface area contributed by atoms with E-state index in [0.717, 1.165) is 0 Å². The molecule has 5 heteroatoms. The summed E-state index contributed by atoms with van der Waals surface area (Å²) in [6, 6.07) is 0. The molecular weight excluding hydrogens is 272 g/mol. The monoisotopic (exact) mass is 292 g/mol. The van der Waals surface area contributed by atoms with Crippen LogP contribution in [0, 0.1) is 11.8 Å². The molecule has 0 amide bonds. The van der Waals surface area contributed by atoms with Gasteiger partial charge in [0.2, 0.25) is 0 Å². The maximum absolute atomic E-state index is 11.5. The van der Waals surface area contributed by atoms with Gasteiger partial charge in [0.05, 0.1) is 12.2 Å². The fraction of sp³-hybridized carbons (Fsp3) is 0.625. The average molecular weight is 292 g/mol. The zero-order valence-electron chi connectivity index (χ0n) is 12.2. The van der Waals surface area contributed by atoms with E-state index in [4.69, 9.17) is 14.2 Å². The Kier molecular flexibility index (Phi) is 3.85. The first-order valence-electron chi connectivity index (χ1n) is 7.43. The first-order valence-corrected chi connectivity index (χ1v) is 7.43. The van der Waals surface area contributed by atoms with Gasteiger partial charge >= 0.3 is 11.9 Å². The van der Waals surface area contributed by atoms with Gasteiger partial charge in [0.25, 0.3) is 0 Å². The van der Waals surface area contributed by atoms with Crippen LogP contribution in [0.25, 0.3) is 0 Å². The lowest BCUT2D eigenvalue weighted by molar-refractivity contribution is -0.166. The summed E-state index contributed by atoms with van der Waals surface area (Å²) in [7, 11) is 0. The van der Waals surface area contributed by atoms with Crippen molar-refractivity contribution < 1.29 is 23.8 Å². The first-order chi connectivity index (χ1) is 10.1. The van der Waals surface area contributed by atoms with Gasteiger partial charge in [-0.15, -0.1) is 0 Å². The Morgan fingerprint density at radius 2 is 2.05 bits per heavy atom. The SMILES string of the molecule is CC(=O)O[C@H]([C@@H]1[C@H](C)[C@H]2C=CC=C[C@@H]1O2)[C@H]1CCC(=O)O1. The summed E-state index contributed by atoms with van der Waals surface area (Å²) in [5.74, 6) is -0.385. The predicted molar refractivity (Wildman–Crippen MR) is 74.3 cm³/mol. The Morgan fingerprint density at radius 1 is 1.33 bits per heavy atom. The molecule has 0 N–H and O–H groups in total. The zero-order valence-corrected chi connectivity index (χ0v) is 12.2. The molecule has 2 fully saturated rings. The molecule has 2 bridgehead atoms. The summed E-state index contributed by atoms with van der Waals surface area (Å²) < 4.78 is 16.9. The third-order valence-electron chi connectivity index (χ3n) is 4.50. The van der Waals surface area contributed by atoms with Gasteiger partial charge in [-0.05, 0) is 12.3 Å². The van der Waals surface area contributed by atoms with E-state index in [1.54, 1.807) is 0 Å². The molecule has 0 radical (unpaired) electrons. The van der Waals surface area contributed by atoms with Crippen molar-refractivity contribution in [3.8, 4) is 0 Å². The Labute approximate surface area is 123 Å². The largest absolute Gasteiger partial charge is 0.458 e. The second kappa shape index (κ2) is 5.64. The van der Waals surface area contributed by atoms with Gasteiger partial charge in [0.15, 0.2) is 0 Å². The Hall–Kier alpha value is -1.62. The summed E-state index contributed by atoms with van der Waals surface area (Å²) in [5, 5.41) is 0. The Bertz CT molecular complexity index is 495. The van der Waals surface area contributed by atoms with E-state index >= 15 is 0 Å². The summed E-state index contributed by atoms with van der Waals surface area (Å²) in [6.07, 6.45) is 7.98. The van der Waals surface area contributed by atoms with Crippen LogP contribution in [0.2, 0.25) is 0 Å². The third kappa shape index (κ3) is 2.75. The smallest absolute Gasteiger partial charge is 0.306 e. The summed E-state index contributed by atoms with van der Waals surface area (Å²) in [4.78, 5) is 22.9. The number of rotatable bonds is 3. The van der Waals surface area contributed by atoms with Gasteiger partial charge in [0, 0.05) is 19.3 Å². The van der Waals surface area contributed by atoms with E-state index < -0.39 is 6.10 Å². The minimum atomic E-state index is -0.449. The van der Waals surface area contributed by atoms with Gasteiger partial charge in [-0.2, -0.15) is 0 Å². The van der Waals surface area contributed by atoms with Crippen LogP contribution in [-0.2, 0) is 23.8 Å². The van der Waals surface area contributed by atoms with Crippen LogP contribution >= 0.6 is 0 Å². The fourth-order valence-electron chi connectivity index (χ4n) is 3.51. The van der Waals surface area contributed by atoms with Gasteiger partial charge in [-0.3, -0.25) is 9.59 Å². The molecule has 5 nitrogen and oxygen atoms in total. The number of hydrogen-bond acceptors (Lipinski definition) is 5. The minimum Gasteiger partial charge on any atom is -0.458 e. The third-order valence-corrected chi connectivity index (χ3v) is 4.50. The molecule has 0 aromatic heterocycles. The molecule has 0 aromatic carbocycles. The second-order valence-electron chi connectivity index (χ2n) is 5.91. The number of allylic oxidation sites excluding steroid dienone is 2. The van der Waals surface area contributed by atoms with E-state index in [-0.39, 0.29) is 42.1 Å². The molecule has 2 saturated heterocycles. The van der Waals surface area contributed by atoms with E-state index in [1.165, 1.54) is 6.92 Å². The molecule has 6 atom stereocenters. The van der Waals surface area contributed by atoms with Crippen molar-refractivity contribution in [2.45, 2.75) is 51.1 Å². The van der Waals surface area contributed by atoms with Crippen molar-refractivity contribution in [3.05, 3.63) is 24.3 Å². The highest BCUT2D eigenvalue weighted by Gasteiger charge is 2.50. The fourth-order valence-corrected chi connectivity index (χ4v) is 3.51. The Morgan fingerprint density at radius 3 is 2.67 bits per heavy atom. The lowest BCUT2D eigenvalue weighted by atomic mass is 9.80. The summed E-state index contributed by atoms with van der Waals surface area (Å²) in [6.45, 7) is 3.48. The van der Waals surface area contributed by atoms with Crippen LogP contribution in [0.3, 0.4) is 0 Å². The van der Waals surface area contributed by atoms with Crippen molar-refractivity contribution in [3.63, 3.8) is 0 Å². The van der Waals surface area contributed by atoms with Crippen molar-refractivity contribution >= 4 is 11.9 Å². The van der Waals surface area contributed by atoms with Crippen molar-refractivity contribution in [2.24, 2.45) is 11.8 Å². The normalized spacial score (nSPS) is 39.0. The van der Waals surface area contributed by atoms with Crippen LogP contribution in [0.1, 0.15) is 26.7 Å². The summed E-state index contributed by atoms with van der Waals surface area (Å²) >= 11 is 0. The lowest BCUT2D eigenvalue weighted by Crippen LogP contribution is -2.43. The average Bonchev–Trinajstić information content (AvgIpc) is 2.86. The van der Waals surface area contributed by atoms with Gasteiger partial charge in [-0.1, -0.05) is 31.2 Å². The van der Waals surface area contributed by atoms with E-state index in [2.05, 4.69) is 6.92 Å². The quantitative estimate of drug-likeness (QED) is 0.742. The molecule has 0 spiro atoms. The standard InChI is InChI=1S/C16H20O5/c1-9-11-5-3-4-6-12(20-11)15(9)16(19-10(2)17)13-7-8-14(18)21-13/h3-6,9,11-13,15-16H,7-8H2,1-2H3/t9-,11-,12+,13-,15-,16+/m1/s1. The van der Waals surface area contributed by atoms with Crippen molar-refractivity contribution in [2.75, 3.05) is 0 Å². The molecule has 114 valence electrons. The molecule has 3 rings (SSSR count). The number of fused-ring (bicyclic) bond motifs is 2. The van der Waals surface area contributed by atoms with Crippen molar-refractivity contribution in [1.82, 2.24) is 0 Å². The zero-order chi connectivity index (χ0) is 15.0. The molecule has 0 aliphatic carbocycles. The van der Waals surface area contributed by atoms with Crippen LogP contribution in [0.4, 0.5) is 0 Å². The van der Waals surface area contributed by atoms with E-state index in [1.807, 2.05) is 24.3 Å². The van der Waals surface area contributed by atoms with E-state index in [9.17, 15) is 9.59 Å². The molecular formula is C16H20O5. The number of carbonyl (C=O) groups is 2. The van der Waals surface area contributed by atoms with Crippen LogP contribution < -0.4 is 0 Å². The molecule has 21 heavy (non-hydrogen) atoms. The van der Waals surface area contributed by atoms with Gasteiger partial charge < -0.3 is 14.2 Å². The van der Waals surface area contributed by atoms with Gasteiger partial charge in [-0.25, -0.2) is 0 Å². The highest BCUT2D eigenvalue weighted by molar-refractivity contribution is 5.72. The van der Waals surface area contributed by atoms with Crippen molar-refractivity contribution in [1.29, 1.82) is 0 Å². The number of cyclic esters (lactones) is 1. The number of hydrogen-bond donors (Lipinski definition) is 0. The molecule has 0 aromatic rings. The lowest BCUT2D eigenvalue weighted by Gasteiger charge is -2.32. The molecule has 3 aliphatic rings.